The zero-order valence-corrected chi connectivity index (χ0v) is 15.2. The minimum Gasteiger partial charge on any atom is -0.457 e. The van der Waals surface area contributed by atoms with Crippen molar-refractivity contribution in [2.24, 2.45) is 15.9 Å². The van der Waals surface area contributed by atoms with Crippen LogP contribution in [0.25, 0.3) is 0 Å². The first kappa shape index (κ1) is 19.2. The van der Waals surface area contributed by atoms with Gasteiger partial charge in [-0.05, 0) is 55.7 Å². The molecule has 27 heavy (non-hydrogen) atoms. The Hall–Kier alpha value is -2.54. The van der Waals surface area contributed by atoms with Crippen molar-refractivity contribution in [1.29, 1.82) is 0 Å². The number of halogens is 4. The molecule has 0 aromatic heterocycles. The molecule has 0 aliphatic carbocycles. The van der Waals surface area contributed by atoms with E-state index in [0.717, 1.165) is 17.8 Å². The molecule has 0 radical (unpaired) electrons. The number of alkyl halides is 3. The predicted octanol–water partition coefficient (Wildman–Crippen LogP) is 5.51. The fourth-order valence-corrected chi connectivity index (χ4v) is 3.06. The number of hydrogen-bond donors (Lipinski definition) is 1. The third kappa shape index (κ3) is 4.80. The Morgan fingerprint density at radius 1 is 1.15 bits per heavy atom. The number of nitrogens with zero attached hydrogens (tertiary/aromatic N) is 2. The Balaban J connectivity index is 1.83. The molecule has 1 aliphatic heterocycles. The average molecular weight is 396 g/mol. The zero-order chi connectivity index (χ0) is 19.6. The number of ether oxygens (including phenoxy) is 1. The summed E-state index contributed by atoms with van der Waals surface area (Å²) in [7, 11) is 0. The van der Waals surface area contributed by atoms with E-state index in [0.29, 0.717) is 47.0 Å². The molecule has 0 atom stereocenters. The van der Waals surface area contributed by atoms with E-state index < -0.39 is 11.7 Å². The van der Waals surface area contributed by atoms with Crippen LogP contribution in [0.1, 0.15) is 29.5 Å². The highest BCUT2D eigenvalue weighted by atomic mass is 35.5. The van der Waals surface area contributed by atoms with E-state index in [-0.39, 0.29) is 5.75 Å². The van der Waals surface area contributed by atoms with Crippen molar-refractivity contribution in [3.63, 3.8) is 0 Å². The van der Waals surface area contributed by atoms with Crippen molar-refractivity contribution in [3.8, 4) is 11.5 Å². The minimum atomic E-state index is -4.44. The van der Waals surface area contributed by atoms with Crippen LogP contribution in [0.5, 0.6) is 11.5 Å². The number of amidine groups is 1. The summed E-state index contributed by atoms with van der Waals surface area (Å²) in [5.74, 6) is 0.977. The smallest absolute Gasteiger partial charge is 0.416 e. The summed E-state index contributed by atoms with van der Waals surface area (Å²) in [5.41, 5.74) is 6.84. The molecule has 0 unspecified atom stereocenters. The molecule has 0 amide bonds. The molecule has 1 heterocycles. The van der Waals surface area contributed by atoms with E-state index >= 15 is 0 Å². The van der Waals surface area contributed by atoms with Gasteiger partial charge in [-0.25, -0.2) is 0 Å². The lowest BCUT2D eigenvalue weighted by Crippen LogP contribution is -2.12. The standard InChI is InChI=1S/C19H17ClF3N3O/c1-11-7-12(19(21,22)23)9-14(8-11)27-17-4-2-3-16(20)15(17)6-5-13-10-18(24)26-25-13/h2-4,7-9H,5-6,10H2,1H3,(H2,24,26). The Morgan fingerprint density at radius 3 is 2.59 bits per heavy atom. The fraction of sp³-hybridized carbons (Fsp3) is 0.263. The molecule has 3 rings (SSSR count). The van der Waals surface area contributed by atoms with E-state index in [1.54, 1.807) is 31.2 Å². The van der Waals surface area contributed by atoms with Gasteiger partial charge >= 0.3 is 6.18 Å². The lowest BCUT2D eigenvalue weighted by Gasteiger charge is -2.15. The first-order chi connectivity index (χ1) is 12.7. The normalized spacial score (nSPS) is 14.1. The van der Waals surface area contributed by atoms with Gasteiger partial charge in [-0.2, -0.15) is 18.3 Å². The van der Waals surface area contributed by atoms with Crippen molar-refractivity contribution in [1.82, 2.24) is 0 Å². The van der Waals surface area contributed by atoms with E-state index in [1.165, 1.54) is 0 Å². The molecule has 0 fully saturated rings. The third-order valence-electron chi connectivity index (χ3n) is 4.05. The van der Waals surface area contributed by atoms with Gasteiger partial charge in [-0.1, -0.05) is 17.7 Å². The molecular formula is C19H17ClF3N3O. The molecule has 1 aliphatic rings. The number of nitrogens with two attached hydrogens (primary N) is 1. The third-order valence-corrected chi connectivity index (χ3v) is 4.40. The largest absolute Gasteiger partial charge is 0.457 e. The summed E-state index contributed by atoms with van der Waals surface area (Å²) >= 11 is 6.29. The van der Waals surface area contributed by atoms with Crippen LogP contribution in [0.2, 0.25) is 5.02 Å². The molecule has 0 saturated heterocycles. The summed E-state index contributed by atoms with van der Waals surface area (Å²) in [6.07, 6.45) is -2.85. The fourth-order valence-electron chi connectivity index (χ4n) is 2.80. The van der Waals surface area contributed by atoms with Crippen LogP contribution in [0.3, 0.4) is 0 Å². The SMILES string of the molecule is Cc1cc(Oc2cccc(Cl)c2CCC2=NN=C(N)C2)cc(C(F)(F)F)c1. The summed E-state index contributed by atoms with van der Waals surface area (Å²) in [6.45, 7) is 1.59. The van der Waals surface area contributed by atoms with Crippen molar-refractivity contribution in [2.45, 2.75) is 32.4 Å². The lowest BCUT2D eigenvalue weighted by atomic mass is 10.0. The second-order valence-electron chi connectivity index (χ2n) is 6.29. The maximum absolute atomic E-state index is 13.0. The molecule has 0 bridgehead atoms. The van der Waals surface area contributed by atoms with Crippen molar-refractivity contribution < 1.29 is 17.9 Å². The van der Waals surface area contributed by atoms with Crippen LogP contribution in [0.4, 0.5) is 13.2 Å². The van der Waals surface area contributed by atoms with Gasteiger partial charge in [0, 0.05) is 22.7 Å². The monoisotopic (exact) mass is 395 g/mol. The number of aryl methyl sites for hydroxylation is 1. The Kier molecular flexibility index (Phi) is 5.41. The molecule has 142 valence electrons. The predicted molar refractivity (Wildman–Crippen MR) is 99.7 cm³/mol. The van der Waals surface area contributed by atoms with Crippen LogP contribution in [-0.2, 0) is 12.6 Å². The Labute approximate surface area is 159 Å². The summed E-state index contributed by atoms with van der Waals surface area (Å²) < 4.78 is 44.9. The minimum absolute atomic E-state index is 0.108. The van der Waals surface area contributed by atoms with Gasteiger partial charge in [-0.3, -0.25) is 0 Å². The maximum atomic E-state index is 13.0. The van der Waals surface area contributed by atoms with Crippen molar-refractivity contribution in [3.05, 3.63) is 58.1 Å². The topological polar surface area (TPSA) is 60.0 Å². The highest BCUT2D eigenvalue weighted by molar-refractivity contribution is 6.31. The Morgan fingerprint density at radius 2 is 1.93 bits per heavy atom. The van der Waals surface area contributed by atoms with Gasteiger partial charge in [0.1, 0.15) is 17.3 Å². The number of benzene rings is 2. The summed E-state index contributed by atoms with van der Waals surface area (Å²) in [6, 6.07) is 8.69. The lowest BCUT2D eigenvalue weighted by molar-refractivity contribution is -0.137. The molecule has 2 aromatic carbocycles. The van der Waals surface area contributed by atoms with Crippen molar-refractivity contribution in [2.75, 3.05) is 0 Å². The van der Waals surface area contributed by atoms with Gasteiger partial charge in [-0.15, -0.1) is 5.10 Å². The van der Waals surface area contributed by atoms with Crippen LogP contribution in [0.15, 0.2) is 46.6 Å². The molecular weight excluding hydrogens is 379 g/mol. The molecule has 0 saturated carbocycles. The zero-order valence-electron chi connectivity index (χ0n) is 14.5. The molecule has 0 spiro atoms. The van der Waals surface area contributed by atoms with Gasteiger partial charge in [0.05, 0.1) is 5.56 Å². The second-order valence-corrected chi connectivity index (χ2v) is 6.69. The van der Waals surface area contributed by atoms with E-state index in [4.69, 9.17) is 22.1 Å². The van der Waals surface area contributed by atoms with Crippen LogP contribution >= 0.6 is 11.6 Å². The van der Waals surface area contributed by atoms with Crippen LogP contribution in [0, 0.1) is 6.92 Å². The van der Waals surface area contributed by atoms with Gasteiger partial charge in [0.25, 0.3) is 0 Å². The molecule has 8 heteroatoms. The van der Waals surface area contributed by atoms with Crippen molar-refractivity contribution >= 4 is 23.1 Å². The highest BCUT2D eigenvalue weighted by Gasteiger charge is 2.31. The second kappa shape index (κ2) is 7.60. The first-order valence-corrected chi connectivity index (χ1v) is 8.62. The van der Waals surface area contributed by atoms with E-state index in [1.807, 2.05) is 0 Å². The van der Waals surface area contributed by atoms with Crippen LogP contribution < -0.4 is 10.5 Å². The van der Waals surface area contributed by atoms with E-state index in [2.05, 4.69) is 10.2 Å². The first-order valence-electron chi connectivity index (χ1n) is 8.24. The average Bonchev–Trinajstić information content (AvgIpc) is 2.98. The van der Waals surface area contributed by atoms with Gasteiger partial charge < -0.3 is 10.5 Å². The van der Waals surface area contributed by atoms with Gasteiger partial charge in [0.2, 0.25) is 0 Å². The number of hydrogen-bond acceptors (Lipinski definition) is 4. The summed E-state index contributed by atoms with van der Waals surface area (Å²) in [4.78, 5) is 0. The molecule has 2 aromatic rings. The maximum Gasteiger partial charge on any atom is 0.416 e. The quantitative estimate of drug-likeness (QED) is 0.725. The highest BCUT2D eigenvalue weighted by Crippen LogP contribution is 2.36. The Bertz CT molecular complexity index is 923. The molecule has 4 nitrogen and oxygen atoms in total. The summed E-state index contributed by atoms with van der Waals surface area (Å²) in [5, 5.41) is 8.27. The number of rotatable bonds is 5. The van der Waals surface area contributed by atoms with Gasteiger partial charge in [0.15, 0.2) is 0 Å². The van der Waals surface area contributed by atoms with E-state index in [9.17, 15) is 13.2 Å². The molecule has 2 N–H and O–H groups in total. The van der Waals surface area contributed by atoms with Crippen LogP contribution in [-0.4, -0.2) is 11.5 Å².